The fraction of sp³-hybridized carbons (Fsp3) is 0.179. The highest BCUT2D eigenvalue weighted by Gasteiger charge is 2.19. The number of fused-ring (bicyclic) bond motifs is 3. The second-order valence-corrected chi connectivity index (χ2v) is 8.61. The maximum absolute atomic E-state index is 13.3. The Bertz CT molecular complexity index is 1680. The number of aromatic amines is 1. The van der Waals surface area contributed by atoms with Gasteiger partial charge in [0.2, 0.25) is 5.91 Å². The summed E-state index contributed by atoms with van der Waals surface area (Å²) in [6.07, 6.45) is 1.56. The van der Waals surface area contributed by atoms with Crippen LogP contribution < -0.4 is 21.9 Å². The Kier molecular flexibility index (Phi) is 6.87. The SMILES string of the molecule is COCCn1c(NC(=O)Cc2coc3ccc4ccccc4c23)c(NCc2ccccc2)c(=O)[nH]c1=O. The van der Waals surface area contributed by atoms with Crippen LogP contribution in [0.3, 0.4) is 0 Å². The summed E-state index contributed by atoms with van der Waals surface area (Å²) in [5.74, 6) is -0.307. The first-order chi connectivity index (χ1) is 18.0. The summed E-state index contributed by atoms with van der Waals surface area (Å²) < 4.78 is 12.1. The van der Waals surface area contributed by atoms with E-state index < -0.39 is 17.2 Å². The number of furan rings is 1. The van der Waals surface area contributed by atoms with Gasteiger partial charge < -0.3 is 19.8 Å². The molecule has 0 fully saturated rings. The molecular weight excluding hydrogens is 472 g/mol. The van der Waals surface area contributed by atoms with E-state index in [1.807, 2.05) is 66.7 Å². The number of hydrogen-bond donors (Lipinski definition) is 3. The number of nitrogens with zero attached hydrogens (tertiary/aromatic N) is 1. The quantitative estimate of drug-likeness (QED) is 0.284. The second-order valence-electron chi connectivity index (χ2n) is 8.61. The zero-order valence-electron chi connectivity index (χ0n) is 20.2. The minimum Gasteiger partial charge on any atom is -0.464 e. The summed E-state index contributed by atoms with van der Waals surface area (Å²) in [5, 5.41) is 8.76. The molecule has 0 aliphatic rings. The van der Waals surface area contributed by atoms with Gasteiger partial charge >= 0.3 is 5.69 Å². The van der Waals surface area contributed by atoms with Crippen LogP contribution in [0.5, 0.6) is 0 Å². The number of H-pyrrole nitrogens is 1. The number of carbonyl (C=O) groups is 1. The predicted octanol–water partition coefficient (Wildman–Crippen LogP) is 3.88. The lowest BCUT2D eigenvalue weighted by Crippen LogP contribution is -2.36. The number of rotatable bonds is 9. The highest BCUT2D eigenvalue weighted by molar-refractivity contribution is 6.09. The van der Waals surface area contributed by atoms with Crippen molar-refractivity contribution >= 4 is 39.2 Å². The molecule has 1 amide bonds. The van der Waals surface area contributed by atoms with Crippen LogP contribution in [0.2, 0.25) is 0 Å². The van der Waals surface area contributed by atoms with Crippen molar-refractivity contribution in [3.05, 3.63) is 105 Å². The molecule has 3 aromatic carbocycles. The largest absolute Gasteiger partial charge is 0.464 e. The zero-order valence-corrected chi connectivity index (χ0v) is 20.2. The molecule has 5 rings (SSSR count). The molecule has 0 saturated heterocycles. The summed E-state index contributed by atoms with van der Waals surface area (Å²) in [6.45, 7) is 0.681. The Labute approximate surface area is 211 Å². The van der Waals surface area contributed by atoms with E-state index in [1.165, 1.54) is 11.7 Å². The average molecular weight is 499 g/mol. The molecule has 188 valence electrons. The minimum atomic E-state index is -0.637. The average Bonchev–Trinajstić information content (AvgIpc) is 3.31. The molecule has 2 heterocycles. The number of amides is 1. The van der Waals surface area contributed by atoms with E-state index in [1.54, 1.807) is 6.26 Å². The molecule has 2 aromatic heterocycles. The number of hydrogen-bond acceptors (Lipinski definition) is 6. The van der Waals surface area contributed by atoms with Crippen LogP contribution in [0.1, 0.15) is 11.1 Å². The van der Waals surface area contributed by atoms with E-state index in [4.69, 9.17) is 9.15 Å². The Morgan fingerprint density at radius 2 is 1.81 bits per heavy atom. The number of benzene rings is 3. The van der Waals surface area contributed by atoms with Crippen molar-refractivity contribution in [2.75, 3.05) is 24.4 Å². The first-order valence-electron chi connectivity index (χ1n) is 11.9. The molecule has 0 bridgehead atoms. The highest BCUT2D eigenvalue weighted by atomic mass is 16.5. The van der Waals surface area contributed by atoms with Gasteiger partial charge in [-0.1, -0.05) is 60.7 Å². The Hall–Kier alpha value is -4.63. The standard InChI is InChI=1S/C28H26N4O5/c1-36-14-13-32-26(25(27(34)31-28(32)35)29-16-18-7-3-2-4-8-18)30-23(33)15-20-17-37-22-12-11-19-9-5-6-10-21(19)24(20)22/h2-12,17,29H,13-16H2,1H3,(H,30,33)(H,31,34,35). The van der Waals surface area contributed by atoms with E-state index in [-0.39, 0.29) is 31.1 Å². The zero-order chi connectivity index (χ0) is 25.8. The predicted molar refractivity (Wildman–Crippen MR) is 143 cm³/mol. The van der Waals surface area contributed by atoms with Crippen molar-refractivity contribution in [3.63, 3.8) is 0 Å². The van der Waals surface area contributed by atoms with E-state index in [0.717, 1.165) is 21.7 Å². The normalized spacial score (nSPS) is 11.2. The van der Waals surface area contributed by atoms with Crippen LogP contribution in [0.4, 0.5) is 11.5 Å². The molecule has 0 unspecified atom stereocenters. The fourth-order valence-corrected chi connectivity index (χ4v) is 4.40. The first kappa shape index (κ1) is 24.1. The van der Waals surface area contributed by atoms with Gasteiger partial charge in [0.25, 0.3) is 5.56 Å². The summed E-state index contributed by atoms with van der Waals surface area (Å²) in [4.78, 5) is 41.1. The van der Waals surface area contributed by atoms with Gasteiger partial charge in [0, 0.05) is 24.6 Å². The number of carbonyl (C=O) groups excluding carboxylic acids is 1. The van der Waals surface area contributed by atoms with Crippen molar-refractivity contribution in [2.45, 2.75) is 19.5 Å². The molecule has 0 atom stereocenters. The van der Waals surface area contributed by atoms with Crippen molar-refractivity contribution in [1.29, 1.82) is 0 Å². The Balaban J connectivity index is 1.49. The van der Waals surface area contributed by atoms with Crippen LogP contribution >= 0.6 is 0 Å². The van der Waals surface area contributed by atoms with Crippen LogP contribution in [0, 0.1) is 0 Å². The number of aromatic nitrogens is 2. The van der Waals surface area contributed by atoms with Crippen molar-refractivity contribution in [1.82, 2.24) is 9.55 Å². The van der Waals surface area contributed by atoms with Gasteiger partial charge in [-0.3, -0.25) is 19.1 Å². The summed E-state index contributed by atoms with van der Waals surface area (Å²) in [5.41, 5.74) is 1.16. The molecule has 0 saturated carbocycles. The van der Waals surface area contributed by atoms with Gasteiger partial charge in [0.1, 0.15) is 17.1 Å². The lowest BCUT2D eigenvalue weighted by Gasteiger charge is -2.17. The summed E-state index contributed by atoms with van der Waals surface area (Å²) in [6, 6.07) is 21.2. The van der Waals surface area contributed by atoms with Crippen molar-refractivity contribution in [2.24, 2.45) is 0 Å². The van der Waals surface area contributed by atoms with Crippen LogP contribution in [0.25, 0.3) is 21.7 Å². The Morgan fingerprint density at radius 3 is 2.62 bits per heavy atom. The molecule has 37 heavy (non-hydrogen) atoms. The van der Waals surface area contributed by atoms with Crippen LogP contribution in [-0.2, 0) is 29.0 Å². The number of ether oxygens (including phenoxy) is 1. The lowest BCUT2D eigenvalue weighted by atomic mass is 10.0. The molecule has 0 radical (unpaired) electrons. The van der Waals surface area contributed by atoms with Gasteiger partial charge in [-0.05, 0) is 22.4 Å². The first-order valence-corrected chi connectivity index (χ1v) is 11.9. The smallest absolute Gasteiger partial charge is 0.330 e. The molecule has 0 aliphatic heterocycles. The van der Waals surface area contributed by atoms with E-state index in [2.05, 4.69) is 15.6 Å². The molecule has 0 aliphatic carbocycles. The van der Waals surface area contributed by atoms with Crippen LogP contribution in [-0.4, -0.2) is 29.2 Å². The van der Waals surface area contributed by atoms with Gasteiger partial charge in [0.05, 0.1) is 25.8 Å². The lowest BCUT2D eigenvalue weighted by molar-refractivity contribution is -0.115. The van der Waals surface area contributed by atoms with Crippen molar-refractivity contribution in [3.8, 4) is 0 Å². The van der Waals surface area contributed by atoms with Gasteiger partial charge in [-0.25, -0.2) is 4.79 Å². The molecule has 5 aromatic rings. The molecule has 3 N–H and O–H groups in total. The van der Waals surface area contributed by atoms with E-state index >= 15 is 0 Å². The van der Waals surface area contributed by atoms with Gasteiger partial charge in [-0.2, -0.15) is 0 Å². The molecule has 0 spiro atoms. The topological polar surface area (TPSA) is 118 Å². The van der Waals surface area contributed by atoms with E-state index in [9.17, 15) is 14.4 Å². The Morgan fingerprint density at radius 1 is 1.03 bits per heavy atom. The molecule has 9 heteroatoms. The third kappa shape index (κ3) is 5.03. The number of anilines is 2. The number of nitrogens with one attached hydrogen (secondary N) is 3. The maximum atomic E-state index is 13.3. The monoisotopic (exact) mass is 498 g/mol. The van der Waals surface area contributed by atoms with Crippen molar-refractivity contribution < 1.29 is 13.9 Å². The molecular formula is C28H26N4O5. The maximum Gasteiger partial charge on any atom is 0.330 e. The fourth-order valence-electron chi connectivity index (χ4n) is 4.40. The number of methoxy groups -OCH3 is 1. The second kappa shape index (κ2) is 10.5. The summed E-state index contributed by atoms with van der Waals surface area (Å²) in [7, 11) is 1.51. The third-order valence-electron chi connectivity index (χ3n) is 6.18. The van der Waals surface area contributed by atoms with Gasteiger partial charge in [0.15, 0.2) is 0 Å². The molecule has 9 nitrogen and oxygen atoms in total. The van der Waals surface area contributed by atoms with E-state index in [0.29, 0.717) is 17.7 Å². The van der Waals surface area contributed by atoms with Gasteiger partial charge in [-0.15, -0.1) is 0 Å². The minimum absolute atomic E-state index is 0.00952. The highest BCUT2D eigenvalue weighted by Crippen LogP contribution is 2.30. The third-order valence-corrected chi connectivity index (χ3v) is 6.18. The van der Waals surface area contributed by atoms with Crippen LogP contribution in [0.15, 0.2) is 87.0 Å². The summed E-state index contributed by atoms with van der Waals surface area (Å²) >= 11 is 0.